The summed E-state index contributed by atoms with van der Waals surface area (Å²) in [5, 5.41) is 12.5. The molecule has 0 saturated heterocycles. The van der Waals surface area contributed by atoms with Crippen molar-refractivity contribution in [2.75, 3.05) is 7.11 Å². The van der Waals surface area contributed by atoms with Crippen LogP contribution in [-0.4, -0.2) is 24.2 Å². The van der Waals surface area contributed by atoms with Gasteiger partial charge in [-0.25, -0.2) is 0 Å². The first-order valence-corrected chi connectivity index (χ1v) is 7.80. The van der Waals surface area contributed by atoms with Gasteiger partial charge in [-0.1, -0.05) is 48.5 Å². The van der Waals surface area contributed by atoms with Crippen molar-refractivity contribution < 1.29 is 14.6 Å². The number of carboxylic acid groups (broad SMARTS) is 1. The first kappa shape index (κ1) is 17.0. The van der Waals surface area contributed by atoms with E-state index < -0.39 is 5.97 Å². The molecule has 23 heavy (non-hydrogen) atoms. The second-order valence-corrected chi connectivity index (χ2v) is 5.51. The Morgan fingerprint density at radius 3 is 2.52 bits per heavy atom. The molecule has 1 atom stereocenters. The summed E-state index contributed by atoms with van der Waals surface area (Å²) in [4.78, 5) is 11.1. The minimum absolute atomic E-state index is 0.0716. The Morgan fingerprint density at radius 2 is 1.83 bits per heavy atom. The third-order valence-corrected chi connectivity index (χ3v) is 3.81. The molecular formula is C19H23NO3. The molecule has 0 fully saturated rings. The maximum Gasteiger partial charge on any atom is 0.304 e. The summed E-state index contributed by atoms with van der Waals surface area (Å²) in [6.45, 7) is 0.671. The highest BCUT2D eigenvalue weighted by atomic mass is 16.5. The van der Waals surface area contributed by atoms with Crippen LogP contribution in [0.3, 0.4) is 0 Å². The van der Waals surface area contributed by atoms with E-state index in [-0.39, 0.29) is 12.5 Å². The van der Waals surface area contributed by atoms with Crippen molar-refractivity contribution in [2.24, 2.45) is 0 Å². The third-order valence-electron chi connectivity index (χ3n) is 3.81. The Hall–Kier alpha value is -2.33. The fourth-order valence-electron chi connectivity index (χ4n) is 2.58. The standard InChI is InChI=1S/C19H23NO3/c1-23-18-10-6-5-9-16(18)11-12-17(13-19(21)22)20-14-15-7-3-2-4-8-15/h2-10,17,20H,11-14H2,1H3,(H,21,22)/t17-/m1/s1. The van der Waals surface area contributed by atoms with Gasteiger partial charge in [0.1, 0.15) is 5.75 Å². The van der Waals surface area contributed by atoms with Gasteiger partial charge in [-0.3, -0.25) is 4.79 Å². The largest absolute Gasteiger partial charge is 0.496 e. The minimum Gasteiger partial charge on any atom is -0.496 e. The van der Waals surface area contributed by atoms with Crippen LogP contribution in [0, 0.1) is 0 Å². The van der Waals surface area contributed by atoms with Crippen LogP contribution in [0.15, 0.2) is 54.6 Å². The molecule has 2 aromatic carbocycles. The highest BCUT2D eigenvalue weighted by Crippen LogP contribution is 2.20. The number of ether oxygens (including phenoxy) is 1. The SMILES string of the molecule is COc1ccccc1CC[C@H](CC(=O)O)NCc1ccccc1. The molecule has 0 radical (unpaired) electrons. The average Bonchev–Trinajstić information content (AvgIpc) is 2.58. The van der Waals surface area contributed by atoms with E-state index in [4.69, 9.17) is 9.84 Å². The van der Waals surface area contributed by atoms with Crippen LogP contribution < -0.4 is 10.1 Å². The van der Waals surface area contributed by atoms with E-state index in [2.05, 4.69) is 5.32 Å². The number of rotatable bonds is 9. The fraction of sp³-hybridized carbons (Fsp3) is 0.316. The number of carbonyl (C=O) groups is 1. The predicted octanol–water partition coefficient (Wildman–Crippen LogP) is 3.26. The maximum absolute atomic E-state index is 11.1. The summed E-state index contributed by atoms with van der Waals surface area (Å²) in [7, 11) is 1.65. The van der Waals surface area contributed by atoms with Gasteiger partial charge in [0.05, 0.1) is 13.5 Å². The smallest absolute Gasteiger partial charge is 0.304 e. The van der Waals surface area contributed by atoms with Crippen LogP contribution in [0.1, 0.15) is 24.0 Å². The van der Waals surface area contributed by atoms with Crippen LogP contribution in [-0.2, 0) is 17.8 Å². The second kappa shape index (κ2) is 8.96. The van der Waals surface area contributed by atoms with E-state index in [1.165, 1.54) is 0 Å². The quantitative estimate of drug-likeness (QED) is 0.746. The molecule has 0 aliphatic rings. The van der Waals surface area contributed by atoms with Gasteiger partial charge in [0.2, 0.25) is 0 Å². The zero-order chi connectivity index (χ0) is 16.5. The Labute approximate surface area is 137 Å². The van der Waals surface area contributed by atoms with Crippen molar-refractivity contribution in [1.29, 1.82) is 0 Å². The number of carboxylic acids is 1. The lowest BCUT2D eigenvalue weighted by molar-refractivity contribution is -0.137. The van der Waals surface area contributed by atoms with E-state index in [0.29, 0.717) is 6.54 Å². The summed E-state index contributed by atoms with van der Waals surface area (Å²) >= 11 is 0. The van der Waals surface area contributed by atoms with E-state index in [0.717, 1.165) is 29.7 Å². The molecule has 4 nitrogen and oxygen atoms in total. The highest BCUT2D eigenvalue weighted by Gasteiger charge is 2.14. The monoisotopic (exact) mass is 313 g/mol. The Bertz CT molecular complexity index is 613. The molecule has 0 aliphatic heterocycles. The predicted molar refractivity (Wildman–Crippen MR) is 90.6 cm³/mol. The van der Waals surface area contributed by atoms with Crippen LogP contribution in [0.25, 0.3) is 0 Å². The molecule has 2 aromatic rings. The van der Waals surface area contributed by atoms with Crippen LogP contribution in [0.2, 0.25) is 0 Å². The number of benzene rings is 2. The van der Waals surface area contributed by atoms with Gasteiger partial charge in [0, 0.05) is 12.6 Å². The summed E-state index contributed by atoms with van der Waals surface area (Å²) in [5.41, 5.74) is 2.26. The second-order valence-electron chi connectivity index (χ2n) is 5.51. The molecule has 4 heteroatoms. The summed E-state index contributed by atoms with van der Waals surface area (Å²) < 4.78 is 5.35. The maximum atomic E-state index is 11.1. The van der Waals surface area contributed by atoms with Crippen molar-refractivity contribution in [2.45, 2.75) is 31.8 Å². The van der Waals surface area contributed by atoms with Gasteiger partial charge >= 0.3 is 5.97 Å². The molecule has 0 aromatic heterocycles. The van der Waals surface area contributed by atoms with Crippen LogP contribution in [0.4, 0.5) is 0 Å². The molecule has 2 N–H and O–H groups in total. The van der Waals surface area contributed by atoms with Gasteiger partial charge in [-0.2, -0.15) is 0 Å². The van der Waals surface area contributed by atoms with Gasteiger partial charge in [-0.05, 0) is 30.0 Å². The van der Waals surface area contributed by atoms with E-state index in [1.54, 1.807) is 7.11 Å². The zero-order valence-electron chi connectivity index (χ0n) is 13.4. The van der Waals surface area contributed by atoms with Crippen molar-refractivity contribution >= 4 is 5.97 Å². The minimum atomic E-state index is -0.782. The summed E-state index contributed by atoms with van der Waals surface area (Å²) in [6.07, 6.45) is 1.64. The Balaban J connectivity index is 1.94. The van der Waals surface area contributed by atoms with Crippen molar-refractivity contribution in [3.05, 3.63) is 65.7 Å². The molecule has 0 heterocycles. The molecule has 0 saturated carbocycles. The number of methoxy groups -OCH3 is 1. The fourth-order valence-corrected chi connectivity index (χ4v) is 2.58. The zero-order valence-corrected chi connectivity index (χ0v) is 13.4. The molecule has 122 valence electrons. The number of para-hydroxylation sites is 1. The van der Waals surface area contributed by atoms with Crippen molar-refractivity contribution in [3.63, 3.8) is 0 Å². The molecule has 0 amide bonds. The lowest BCUT2D eigenvalue weighted by Gasteiger charge is -2.18. The Morgan fingerprint density at radius 1 is 1.13 bits per heavy atom. The summed E-state index contributed by atoms with van der Waals surface area (Å²) in [6, 6.07) is 17.8. The molecular weight excluding hydrogens is 290 g/mol. The number of aryl methyl sites for hydroxylation is 1. The lowest BCUT2D eigenvalue weighted by Crippen LogP contribution is -2.31. The first-order valence-electron chi connectivity index (χ1n) is 7.80. The average molecular weight is 313 g/mol. The number of hydrogen-bond acceptors (Lipinski definition) is 3. The van der Waals surface area contributed by atoms with Crippen molar-refractivity contribution in [3.8, 4) is 5.75 Å². The number of hydrogen-bond donors (Lipinski definition) is 2. The van der Waals surface area contributed by atoms with Gasteiger partial charge in [0.25, 0.3) is 0 Å². The van der Waals surface area contributed by atoms with Gasteiger partial charge in [0.15, 0.2) is 0 Å². The van der Waals surface area contributed by atoms with Crippen LogP contribution in [0.5, 0.6) is 5.75 Å². The molecule has 0 bridgehead atoms. The number of aliphatic carboxylic acids is 1. The topological polar surface area (TPSA) is 58.6 Å². The molecule has 2 rings (SSSR count). The van der Waals surface area contributed by atoms with E-state index in [9.17, 15) is 4.79 Å². The number of nitrogens with one attached hydrogen (secondary N) is 1. The highest BCUT2D eigenvalue weighted by molar-refractivity contribution is 5.67. The van der Waals surface area contributed by atoms with Gasteiger partial charge < -0.3 is 15.2 Å². The molecule has 0 spiro atoms. The first-order chi connectivity index (χ1) is 11.2. The van der Waals surface area contributed by atoms with Crippen molar-refractivity contribution in [1.82, 2.24) is 5.32 Å². The van der Waals surface area contributed by atoms with Crippen LogP contribution >= 0.6 is 0 Å². The van der Waals surface area contributed by atoms with E-state index >= 15 is 0 Å². The van der Waals surface area contributed by atoms with E-state index in [1.807, 2.05) is 54.6 Å². The third kappa shape index (κ3) is 5.75. The Kier molecular flexibility index (Phi) is 6.63. The lowest BCUT2D eigenvalue weighted by atomic mass is 10.0. The van der Waals surface area contributed by atoms with Gasteiger partial charge in [-0.15, -0.1) is 0 Å². The normalized spacial score (nSPS) is 11.9. The molecule has 0 unspecified atom stereocenters. The molecule has 0 aliphatic carbocycles. The summed E-state index contributed by atoms with van der Waals surface area (Å²) in [5.74, 6) is 0.0697.